The molecule has 1 atom stereocenters. The first-order valence-corrected chi connectivity index (χ1v) is 2.93. The second kappa shape index (κ2) is 4.67. The smallest absolute Gasteiger partial charge is 0.111 e. The van der Waals surface area contributed by atoms with Crippen LogP contribution < -0.4 is 0 Å². The third-order valence-electron chi connectivity index (χ3n) is 0.686. The number of hydrogen-bond donors (Lipinski definition) is 1. The van der Waals surface area contributed by atoms with E-state index in [2.05, 4.69) is 18.8 Å². The van der Waals surface area contributed by atoms with E-state index in [4.69, 9.17) is 5.11 Å². The monoisotopic (exact) mass is 112 g/mol. The van der Waals surface area contributed by atoms with Gasteiger partial charge in [-0.2, -0.15) is 0 Å². The molecule has 0 fully saturated rings. The van der Waals surface area contributed by atoms with Gasteiger partial charge in [0.25, 0.3) is 0 Å². The summed E-state index contributed by atoms with van der Waals surface area (Å²) >= 11 is 0. The highest BCUT2D eigenvalue weighted by atomic mass is 16.3. The zero-order valence-electron chi connectivity index (χ0n) is 5.44. The van der Waals surface area contributed by atoms with Crippen molar-refractivity contribution in [3.05, 3.63) is 0 Å². The second-order valence-electron chi connectivity index (χ2n) is 1.75. The van der Waals surface area contributed by atoms with Crippen molar-refractivity contribution in [2.75, 3.05) is 0 Å². The minimum atomic E-state index is -0.457. The molecule has 0 saturated carbocycles. The van der Waals surface area contributed by atoms with Gasteiger partial charge in [-0.25, -0.2) is 0 Å². The molecule has 1 heteroatoms. The summed E-state index contributed by atoms with van der Waals surface area (Å²) in [4.78, 5) is 0. The molecule has 8 heavy (non-hydrogen) atoms. The molecule has 0 saturated heterocycles. The molecule has 1 N–H and O–H groups in total. The van der Waals surface area contributed by atoms with Gasteiger partial charge in [-0.3, -0.25) is 0 Å². The lowest BCUT2D eigenvalue weighted by molar-refractivity contribution is 0.253. The lowest BCUT2D eigenvalue weighted by Crippen LogP contribution is -1.91. The average Bonchev–Trinajstić information content (AvgIpc) is 1.66. The van der Waals surface area contributed by atoms with Crippen molar-refractivity contribution < 1.29 is 5.11 Å². The van der Waals surface area contributed by atoms with E-state index in [-0.39, 0.29) is 0 Å². The van der Waals surface area contributed by atoms with Gasteiger partial charge >= 0.3 is 0 Å². The van der Waals surface area contributed by atoms with E-state index in [1.165, 1.54) is 0 Å². The third kappa shape index (κ3) is 5.52. The fourth-order valence-corrected chi connectivity index (χ4v) is 0.345. The molecule has 0 amide bonds. The first-order valence-electron chi connectivity index (χ1n) is 2.93. The quantitative estimate of drug-likeness (QED) is 0.505. The van der Waals surface area contributed by atoms with Crippen LogP contribution in [0.4, 0.5) is 0 Å². The summed E-state index contributed by atoms with van der Waals surface area (Å²) in [6.45, 7) is 3.74. The number of hydrogen-bond acceptors (Lipinski definition) is 1. The van der Waals surface area contributed by atoms with Gasteiger partial charge in [0.2, 0.25) is 0 Å². The largest absolute Gasteiger partial charge is 0.381 e. The molecule has 1 unspecified atom stereocenters. The van der Waals surface area contributed by atoms with Crippen molar-refractivity contribution in [1.29, 1.82) is 0 Å². The molecule has 0 aliphatic heterocycles. The van der Waals surface area contributed by atoms with Crippen molar-refractivity contribution in [1.82, 2.24) is 0 Å². The fourth-order valence-electron chi connectivity index (χ4n) is 0.345. The van der Waals surface area contributed by atoms with Crippen molar-refractivity contribution in [2.45, 2.75) is 32.8 Å². The van der Waals surface area contributed by atoms with Crippen molar-refractivity contribution >= 4 is 0 Å². The van der Waals surface area contributed by atoms with Gasteiger partial charge in [0.15, 0.2) is 0 Å². The van der Waals surface area contributed by atoms with E-state index in [0.29, 0.717) is 0 Å². The van der Waals surface area contributed by atoms with Gasteiger partial charge in [0.05, 0.1) is 0 Å². The average molecular weight is 112 g/mol. The predicted octanol–water partition coefficient (Wildman–Crippen LogP) is 1.17. The molecule has 0 aliphatic carbocycles. The summed E-state index contributed by atoms with van der Waals surface area (Å²) in [7, 11) is 0. The summed E-state index contributed by atoms with van der Waals surface area (Å²) in [5.74, 6) is 5.49. The molecule has 0 aromatic carbocycles. The molecule has 0 aliphatic rings. The van der Waals surface area contributed by atoms with Crippen molar-refractivity contribution in [2.24, 2.45) is 0 Å². The van der Waals surface area contributed by atoms with Gasteiger partial charge in [-0.15, -0.1) is 5.92 Å². The van der Waals surface area contributed by atoms with Crippen LogP contribution >= 0.6 is 0 Å². The van der Waals surface area contributed by atoms with Crippen LogP contribution in [0.2, 0.25) is 0 Å². The van der Waals surface area contributed by atoms with Gasteiger partial charge in [0, 0.05) is 6.42 Å². The molecule has 0 spiro atoms. The zero-order chi connectivity index (χ0) is 6.41. The molecule has 46 valence electrons. The van der Waals surface area contributed by atoms with Gasteiger partial charge in [0.1, 0.15) is 6.10 Å². The van der Waals surface area contributed by atoms with Gasteiger partial charge in [-0.05, 0) is 13.3 Å². The normalized spacial score (nSPS) is 11.9. The molecule has 0 rings (SSSR count). The van der Waals surface area contributed by atoms with E-state index in [9.17, 15) is 0 Å². The summed E-state index contributed by atoms with van der Waals surface area (Å²) in [6, 6.07) is 0. The highest BCUT2D eigenvalue weighted by molar-refractivity contribution is 5.02. The maximum atomic E-state index is 8.61. The highest BCUT2D eigenvalue weighted by Crippen LogP contribution is 1.82. The van der Waals surface area contributed by atoms with Crippen LogP contribution in [-0.4, -0.2) is 11.2 Å². The summed E-state index contributed by atoms with van der Waals surface area (Å²) in [5, 5.41) is 8.61. The van der Waals surface area contributed by atoms with E-state index in [0.717, 1.165) is 12.8 Å². The van der Waals surface area contributed by atoms with Crippen LogP contribution in [0.3, 0.4) is 0 Å². The zero-order valence-corrected chi connectivity index (χ0v) is 5.44. The van der Waals surface area contributed by atoms with Crippen LogP contribution in [0.15, 0.2) is 0 Å². The third-order valence-corrected chi connectivity index (χ3v) is 0.686. The molecular weight excluding hydrogens is 100 g/mol. The lowest BCUT2D eigenvalue weighted by Gasteiger charge is -1.85. The lowest BCUT2D eigenvalue weighted by atomic mass is 10.3. The fraction of sp³-hybridized carbons (Fsp3) is 0.714. The van der Waals surface area contributed by atoms with Crippen molar-refractivity contribution in [3.63, 3.8) is 0 Å². The number of aliphatic hydroxyl groups is 1. The maximum Gasteiger partial charge on any atom is 0.111 e. The molecule has 1 nitrogen and oxygen atoms in total. The molecule has 0 heterocycles. The molecule has 0 aromatic heterocycles. The van der Waals surface area contributed by atoms with Crippen LogP contribution in [0, 0.1) is 11.8 Å². The summed E-state index contributed by atoms with van der Waals surface area (Å²) in [6.07, 6.45) is 1.51. The van der Waals surface area contributed by atoms with Crippen LogP contribution in [0.1, 0.15) is 26.7 Å². The molecular formula is C7H12O. The first kappa shape index (κ1) is 7.52. The minimum absolute atomic E-state index is 0.457. The Balaban J connectivity index is 3.20. The Morgan fingerprint density at radius 3 is 2.62 bits per heavy atom. The number of unbranched alkanes of at least 4 members (excludes halogenated alkanes) is 1. The Kier molecular flexibility index (Phi) is 4.39. The SMILES string of the molecule is CCCC#CC(C)O. The van der Waals surface area contributed by atoms with Gasteiger partial charge in [-0.1, -0.05) is 12.8 Å². The summed E-state index contributed by atoms with van der Waals surface area (Å²) in [5.41, 5.74) is 0. The predicted molar refractivity (Wildman–Crippen MR) is 34.4 cm³/mol. The van der Waals surface area contributed by atoms with Crippen LogP contribution in [-0.2, 0) is 0 Å². The number of aliphatic hydroxyl groups excluding tert-OH is 1. The molecule has 0 bridgehead atoms. The maximum absolute atomic E-state index is 8.61. The Hall–Kier alpha value is -0.480. The van der Waals surface area contributed by atoms with E-state index >= 15 is 0 Å². The number of rotatable bonds is 1. The Bertz CT molecular complexity index is 94.7. The Labute approximate surface area is 50.7 Å². The van der Waals surface area contributed by atoms with E-state index < -0.39 is 6.10 Å². The van der Waals surface area contributed by atoms with Crippen LogP contribution in [0.25, 0.3) is 0 Å². The Morgan fingerprint density at radius 1 is 1.62 bits per heavy atom. The molecule has 0 aromatic rings. The first-order chi connectivity index (χ1) is 3.77. The summed E-state index contributed by atoms with van der Waals surface area (Å²) < 4.78 is 0. The minimum Gasteiger partial charge on any atom is -0.381 e. The van der Waals surface area contributed by atoms with Gasteiger partial charge < -0.3 is 5.11 Å². The van der Waals surface area contributed by atoms with E-state index in [1.54, 1.807) is 6.92 Å². The van der Waals surface area contributed by atoms with E-state index in [1.807, 2.05) is 0 Å². The highest BCUT2D eigenvalue weighted by Gasteiger charge is 1.79. The second-order valence-corrected chi connectivity index (χ2v) is 1.75. The molecule has 0 radical (unpaired) electrons. The standard InChI is InChI=1S/C7H12O/c1-3-4-5-6-7(2)8/h7-8H,3-4H2,1-2H3. The van der Waals surface area contributed by atoms with Crippen molar-refractivity contribution in [3.8, 4) is 11.8 Å². The topological polar surface area (TPSA) is 20.2 Å². The Morgan fingerprint density at radius 2 is 2.25 bits per heavy atom. The van der Waals surface area contributed by atoms with Crippen LogP contribution in [0.5, 0.6) is 0 Å².